The molecule has 0 aliphatic carbocycles. The van der Waals surface area contributed by atoms with E-state index in [0.29, 0.717) is 11.3 Å². The van der Waals surface area contributed by atoms with Gasteiger partial charge in [-0.1, -0.05) is 18.7 Å². The van der Waals surface area contributed by atoms with Gasteiger partial charge in [-0.15, -0.1) is 0 Å². The number of hydrogen-bond donors (Lipinski definition) is 2. The Kier molecular flexibility index (Phi) is 4.32. The molecule has 0 heterocycles. The van der Waals surface area contributed by atoms with Crippen LogP contribution in [0.25, 0.3) is 5.57 Å². The fraction of sp³-hybridized carbons (Fsp3) is 0.286. The summed E-state index contributed by atoms with van der Waals surface area (Å²) in [5.74, 6) is -1.08. The zero-order valence-electron chi connectivity index (χ0n) is 11.2. The van der Waals surface area contributed by atoms with Gasteiger partial charge in [-0.3, -0.25) is 5.32 Å². The maximum Gasteiger partial charge on any atom is 0.412 e. The third kappa shape index (κ3) is 4.83. The normalized spacial score (nSPS) is 10.7. The van der Waals surface area contributed by atoms with Gasteiger partial charge in [-0.05, 0) is 38.5 Å². The van der Waals surface area contributed by atoms with E-state index >= 15 is 0 Å². The van der Waals surface area contributed by atoms with Crippen LogP contribution in [0, 0.1) is 0 Å². The molecule has 0 fully saturated rings. The van der Waals surface area contributed by atoms with Crippen LogP contribution in [0.1, 0.15) is 26.3 Å². The fourth-order valence-corrected chi connectivity index (χ4v) is 1.30. The third-order valence-corrected chi connectivity index (χ3v) is 2.14. The van der Waals surface area contributed by atoms with Gasteiger partial charge in [0.2, 0.25) is 0 Å². The number of rotatable bonds is 3. The summed E-state index contributed by atoms with van der Waals surface area (Å²) in [5, 5.41) is 11.3. The first kappa shape index (κ1) is 14.8. The highest BCUT2D eigenvalue weighted by Crippen LogP contribution is 2.17. The van der Waals surface area contributed by atoms with E-state index in [1.807, 2.05) is 0 Å². The Hall–Kier alpha value is -2.30. The minimum absolute atomic E-state index is 0.00354. The molecule has 5 heteroatoms. The van der Waals surface area contributed by atoms with Gasteiger partial charge in [0.05, 0.1) is 5.57 Å². The first-order chi connectivity index (χ1) is 8.69. The molecule has 0 atom stereocenters. The predicted molar refractivity (Wildman–Crippen MR) is 73.0 cm³/mol. The molecule has 1 aromatic rings. The molecule has 0 unspecified atom stereocenters. The molecule has 19 heavy (non-hydrogen) atoms. The second-order valence-electron chi connectivity index (χ2n) is 4.99. The van der Waals surface area contributed by atoms with Crippen molar-refractivity contribution in [3.8, 4) is 0 Å². The molecular weight excluding hydrogens is 246 g/mol. The van der Waals surface area contributed by atoms with Gasteiger partial charge < -0.3 is 9.84 Å². The van der Waals surface area contributed by atoms with E-state index in [1.54, 1.807) is 45.0 Å². The number of benzene rings is 1. The van der Waals surface area contributed by atoms with Crippen molar-refractivity contribution in [2.24, 2.45) is 0 Å². The number of carboxylic acid groups (broad SMARTS) is 1. The maximum atomic E-state index is 11.5. The second kappa shape index (κ2) is 5.56. The monoisotopic (exact) mass is 263 g/mol. The van der Waals surface area contributed by atoms with Crippen molar-refractivity contribution in [2.75, 3.05) is 5.32 Å². The lowest BCUT2D eigenvalue weighted by Gasteiger charge is -2.19. The minimum atomic E-state index is -1.08. The van der Waals surface area contributed by atoms with Gasteiger partial charge in [-0.25, -0.2) is 9.59 Å². The maximum absolute atomic E-state index is 11.5. The lowest BCUT2D eigenvalue weighted by atomic mass is 10.1. The van der Waals surface area contributed by atoms with Gasteiger partial charge in [0.1, 0.15) is 5.60 Å². The molecule has 1 aromatic carbocycles. The number of ether oxygens (including phenoxy) is 1. The summed E-state index contributed by atoms with van der Waals surface area (Å²) in [5.41, 5.74) is 0.448. The van der Waals surface area contributed by atoms with E-state index < -0.39 is 17.7 Å². The molecule has 5 nitrogen and oxygen atoms in total. The molecule has 0 aromatic heterocycles. The fourth-order valence-electron chi connectivity index (χ4n) is 1.30. The smallest absolute Gasteiger partial charge is 0.412 e. The van der Waals surface area contributed by atoms with Crippen molar-refractivity contribution in [3.63, 3.8) is 0 Å². The number of carbonyl (C=O) groups excluding carboxylic acids is 1. The Labute approximate surface area is 111 Å². The summed E-state index contributed by atoms with van der Waals surface area (Å²) in [6, 6.07) is 6.33. The van der Waals surface area contributed by atoms with Crippen LogP contribution in [0.3, 0.4) is 0 Å². The standard InChI is InChI=1S/C14H17NO4/c1-9(12(16)17)10-5-7-11(8-6-10)15-13(18)19-14(2,3)4/h5-8H,1H2,2-4H3,(H,15,18)(H,16,17). The molecule has 0 aliphatic heterocycles. The van der Waals surface area contributed by atoms with Crippen LogP contribution in [0.2, 0.25) is 0 Å². The van der Waals surface area contributed by atoms with Gasteiger partial charge in [0, 0.05) is 5.69 Å². The van der Waals surface area contributed by atoms with Crippen LogP contribution in [-0.4, -0.2) is 22.8 Å². The molecule has 0 bridgehead atoms. The summed E-state index contributed by atoms with van der Waals surface area (Å²) in [6.07, 6.45) is -0.558. The van der Waals surface area contributed by atoms with Crippen LogP contribution < -0.4 is 5.32 Å². The molecule has 1 amide bonds. The van der Waals surface area contributed by atoms with Crippen LogP contribution in [0.4, 0.5) is 10.5 Å². The average molecular weight is 263 g/mol. The van der Waals surface area contributed by atoms with E-state index in [2.05, 4.69) is 11.9 Å². The molecule has 102 valence electrons. The van der Waals surface area contributed by atoms with Gasteiger partial charge in [-0.2, -0.15) is 0 Å². The number of aliphatic carboxylic acids is 1. The largest absolute Gasteiger partial charge is 0.478 e. The molecule has 1 rings (SSSR count). The first-order valence-corrected chi connectivity index (χ1v) is 5.72. The van der Waals surface area contributed by atoms with E-state index in [0.717, 1.165) is 0 Å². The highest BCUT2D eigenvalue weighted by atomic mass is 16.6. The van der Waals surface area contributed by atoms with E-state index in [4.69, 9.17) is 9.84 Å². The van der Waals surface area contributed by atoms with Crippen molar-refractivity contribution in [3.05, 3.63) is 36.4 Å². The molecular formula is C14H17NO4. The molecule has 0 spiro atoms. The molecule has 0 aliphatic rings. The third-order valence-electron chi connectivity index (χ3n) is 2.14. The number of hydrogen-bond acceptors (Lipinski definition) is 3. The first-order valence-electron chi connectivity index (χ1n) is 5.72. The van der Waals surface area contributed by atoms with Crippen LogP contribution >= 0.6 is 0 Å². The Morgan fingerprint density at radius 3 is 2.16 bits per heavy atom. The highest BCUT2D eigenvalue weighted by molar-refractivity contribution is 6.14. The lowest BCUT2D eigenvalue weighted by molar-refractivity contribution is -0.130. The predicted octanol–water partition coefficient (Wildman–Crippen LogP) is 3.13. The van der Waals surface area contributed by atoms with Crippen molar-refractivity contribution in [1.82, 2.24) is 0 Å². The molecule has 0 radical (unpaired) electrons. The Morgan fingerprint density at radius 1 is 1.21 bits per heavy atom. The van der Waals surface area contributed by atoms with Crippen LogP contribution in [0.15, 0.2) is 30.8 Å². The summed E-state index contributed by atoms with van der Waals surface area (Å²) in [7, 11) is 0. The van der Waals surface area contributed by atoms with Crippen LogP contribution in [-0.2, 0) is 9.53 Å². The van der Waals surface area contributed by atoms with E-state index in [9.17, 15) is 9.59 Å². The van der Waals surface area contributed by atoms with Crippen molar-refractivity contribution in [1.29, 1.82) is 0 Å². The van der Waals surface area contributed by atoms with Crippen molar-refractivity contribution >= 4 is 23.3 Å². The van der Waals surface area contributed by atoms with Gasteiger partial charge >= 0.3 is 12.1 Å². The molecule has 2 N–H and O–H groups in total. The number of nitrogens with one attached hydrogen (secondary N) is 1. The number of carbonyl (C=O) groups is 2. The Morgan fingerprint density at radius 2 is 1.74 bits per heavy atom. The number of amides is 1. The minimum Gasteiger partial charge on any atom is -0.478 e. The topological polar surface area (TPSA) is 75.6 Å². The van der Waals surface area contributed by atoms with E-state index in [1.165, 1.54) is 0 Å². The Balaban J connectivity index is 2.70. The Bertz CT molecular complexity index is 497. The summed E-state index contributed by atoms with van der Waals surface area (Å²) in [4.78, 5) is 22.2. The summed E-state index contributed by atoms with van der Waals surface area (Å²) >= 11 is 0. The zero-order chi connectivity index (χ0) is 14.6. The summed E-state index contributed by atoms with van der Waals surface area (Å²) < 4.78 is 5.10. The summed E-state index contributed by atoms with van der Waals surface area (Å²) in [6.45, 7) is 8.76. The molecule has 0 saturated carbocycles. The van der Waals surface area contributed by atoms with Gasteiger partial charge in [0.25, 0.3) is 0 Å². The van der Waals surface area contributed by atoms with Crippen molar-refractivity contribution in [2.45, 2.75) is 26.4 Å². The van der Waals surface area contributed by atoms with Crippen molar-refractivity contribution < 1.29 is 19.4 Å². The highest BCUT2D eigenvalue weighted by Gasteiger charge is 2.16. The molecule has 0 saturated heterocycles. The van der Waals surface area contributed by atoms with Crippen LogP contribution in [0.5, 0.6) is 0 Å². The zero-order valence-corrected chi connectivity index (χ0v) is 11.2. The van der Waals surface area contributed by atoms with Gasteiger partial charge in [0.15, 0.2) is 0 Å². The van der Waals surface area contributed by atoms with E-state index in [-0.39, 0.29) is 5.57 Å². The number of carboxylic acids is 1. The second-order valence-corrected chi connectivity index (χ2v) is 4.99. The SMILES string of the molecule is C=C(C(=O)O)c1ccc(NC(=O)OC(C)(C)C)cc1. The average Bonchev–Trinajstić information content (AvgIpc) is 2.26. The quantitative estimate of drug-likeness (QED) is 0.821. The lowest BCUT2D eigenvalue weighted by Crippen LogP contribution is -2.27. The number of anilines is 1.